The Hall–Kier alpha value is -1.26. The van der Waals surface area contributed by atoms with Crippen LogP contribution >= 0.6 is 11.6 Å². The zero-order chi connectivity index (χ0) is 13.5. The van der Waals surface area contributed by atoms with Gasteiger partial charge in [0.2, 0.25) is 0 Å². The van der Waals surface area contributed by atoms with Crippen LogP contribution in [-0.4, -0.2) is 30.3 Å². The first-order chi connectivity index (χ1) is 8.56. The third kappa shape index (κ3) is 4.55. The van der Waals surface area contributed by atoms with Gasteiger partial charge in [-0.05, 0) is 37.1 Å². The van der Waals surface area contributed by atoms with Gasteiger partial charge in [0.05, 0.1) is 12.6 Å². The van der Waals surface area contributed by atoms with Gasteiger partial charge < -0.3 is 15.2 Å². The number of nitrogens with one attached hydrogen (secondary N) is 1. The minimum Gasteiger partial charge on any atom is -0.484 e. The van der Waals surface area contributed by atoms with E-state index in [2.05, 4.69) is 5.32 Å². The summed E-state index contributed by atoms with van der Waals surface area (Å²) in [7, 11) is 0. The number of aliphatic hydroxyl groups excluding tert-OH is 1. The van der Waals surface area contributed by atoms with Crippen LogP contribution in [0.1, 0.15) is 18.9 Å². The lowest BCUT2D eigenvalue weighted by molar-refractivity contribution is -0.124. The normalized spacial score (nSPS) is 12.0. The fourth-order valence-electron chi connectivity index (χ4n) is 1.40. The maximum absolute atomic E-state index is 11.5. The van der Waals surface area contributed by atoms with E-state index in [1.165, 1.54) is 0 Å². The van der Waals surface area contributed by atoms with Crippen molar-refractivity contribution in [3.05, 3.63) is 28.8 Å². The van der Waals surface area contributed by atoms with Gasteiger partial charge in [-0.1, -0.05) is 18.5 Å². The van der Waals surface area contributed by atoms with Crippen molar-refractivity contribution in [1.82, 2.24) is 5.32 Å². The highest BCUT2D eigenvalue weighted by Crippen LogP contribution is 2.20. The summed E-state index contributed by atoms with van der Waals surface area (Å²) in [5, 5.41) is 12.3. The monoisotopic (exact) mass is 271 g/mol. The molecule has 0 saturated heterocycles. The Morgan fingerprint density at radius 3 is 2.83 bits per heavy atom. The van der Waals surface area contributed by atoms with Crippen LogP contribution in [0.4, 0.5) is 0 Å². The first kappa shape index (κ1) is 14.8. The summed E-state index contributed by atoms with van der Waals surface area (Å²) in [6, 6.07) is 5.01. The maximum Gasteiger partial charge on any atom is 0.258 e. The van der Waals surface area contributed by atoms with Crippen LogP contribution in [0.25, 0.3) is 0 Å². The molecule has 1 aromatic rings. The first-order valence-corrected chi connectivity index (χ1v) is 6.23. The van der Waals surface area contributed by atoms with Crippen molar-refractivity contribution in [3.63, 3.8) is 0 Å². The highest BCUT2D eigenvalue weighted by atomic mass is 35.5. The lowest BCUT2D eigenvalue weighted by Gasteiger charge is -2.14. The number of rotatable bonds is 6. The Bertz CT molecular complexity index is 405. The summed E-state index contributed by atoms with van der Waals surface area (Å²) >= 11 is 5.89. The van der Waals surface area contributed by atoms with Gasteiger partial charge in [0.1, 0.15) is 5.75 Å². The van der Waals surface area contributed by atoms with Crippen LogP contribution in [-0.2, 0) is 4.79 Å². The molecule has 0 fully saturated rings. The van der Waals surface area contributed by atoms with Gasteiger partial charge in [0.25, 0.3) is 5.91 Å². The van der Waals surface area contributed by atoms with Gasteiger partial charge in [-0.15, -0.1) is 0 Å². The average Bonchev–Trinajstić information content (AvgIpc) is 2.37. The highest BCUT2D eigenvalue weighted by molar-refractivity contribution is 6.31. The molecule has 0 aliphatic heterocycles. The number of aryl methyl sites for hydroxylation is 1. The Balaban J connectivity index is 2.44. The second kappa shape index (κ2) is 7.24. The Morgan fingerprint density at radius 2 is 2.28 bits per heavy atom. The number of hydrogen-bond donors (Lipinski definition) is 2. The number of aliphatic hydroxyl groups is 1. The Labute approximate surface area is 112 Å². The fourth-order valence-corrected chi connectivity index (χ4v) is 1.52. The zero-order valence-electron chi connectivity index (χ0n) is 10.6. The van der Waals surface area contributed by atoms with Gasteiger partial charge in [0, 0.05) is 5.02 Å². The van der Waals surface area contributed by atoms with Crippen LogP contribution in [0.15, 0.2) is 18.2 Å². The lowest BCUT2D eigenvalue weighted by Crippen LogP contribution is -2.39. The van der Waals surface area contributed by atoms with E-state index >= 15 is 0 Å². The van der Waals surface area contributed by atoms with Crippen molar-refractivity contribution in [2.24, 2.45) is 0 Å². The van der Waals surface area contributed by atoms with E-state index in [0.717, 1.165) is 5.56 Å². The van der Waals surface area contributed by atoms with Gasteiger partial charge in [-0.2, -0.15) is 0 Å². The fraction of sp³-hybridized carbons (Fsp3) is 0.462. The highest BCUT2D eigenvalue weighted by Gasteiger charge is 2.09. The molecule has 0 saturated carbocycles. The van der Waals surface area contributed by atoms with E-state index in [0.29, 0.717) is 17.2 Å². The molecule has 0 bridgehead atoms. The van der Waals surface area contributed by atoms with Crippen LogP contribution in [0.3, 0.4) is 0 Å². The number of hydrogen-bond acceptors (Lipinski definition) is 3. The molecule has 0 radical (unpaired) electrons. The molecule has 1 unspecified atom stereocenters. The summed E-state index contributed by atoms with van der Waals surface area (Å²) in [4.78, 5) is 11.5. The Kier molecular flexibility index (Phi) is 5.95. The van der Waals surface area contributed by atoms with E-state index in [1.807, 2.05) is 13.8 Å². The third-order valence-electron chi connectivity index (χ3n) is 2.58. The maximum atomic E-state index is 11.5. The molecule has 0 heterocycles. The summed E-state index contributed by atoms with van der Waals surface area (Å²) in [6.07, 6.45) is 0.683. The summed E-state index contributed by atoms with van der Waals surface area (Å²) < 4.78 is 5.34. The topological polar surface area (TPSA) is 58.6 Å². The van der Waals surface area contributed by atoms with Gasteiger partial charge in [-0.25, -0.2) is 0 Å². The molecule has 1 amide bonds. The van der Waals surface area contributed by atoms with Crippen molar-refractivity contribution in [3.8, 4) is 5.75 Å². The van der Waals surface area contributed by atoms with Gasteiger partial charge >= 0.3 is 0 Å². The molecule has 100 valence electrons. The zero-order valence-corrected chi connectivity index (χ0v) is 11.3. The van der Waals surface area contributed by atoms with Crippen LogP contribution < -0.4 is 10.1 Å². The molecule has 2 N–H and O–H groups in total. The van der Waals surface area contributed by atoms with Crippen molar-refractivity contribution in [2.45, 2.75) is 26.3 Å². The molecular formula is C13H18ClNO3. The van der Waals surface area contributed by atoms with Crippen LogP contribution in [0.2, 0.25) is 5.02 Å². The van der Waals surface area contributed by atoms with E-state index < -0.39 is 0 Å². The Morgan fingerprint density at radius 1 is 1.56 bits per heavy atom. The van der Waals surface area contributed by atoms with Crippen molar-refractivity contribution < 1.29 is 14.6 Å². The number of benzene rings is 1. The number of carbonyl (C=O) groups excluding carboxylic acids is 1. The second-order valence-corrected chi connectivity index (χ2v) is 4.46. The number of ether oxygens (including phenoxy) is 1. The smallest absolute Gasteiger partial charge is 0.258 e. The number of amides is 1. The lowest BCUT2D eigenvalue weighted by atomic mass is 10.2. The predicted octanol–water partition coefficient (Wildman–Crippen LogP) is 1.91. The molecule has 4 nitrogen and oxygen atoms in total. The van der Waals surface area contributed by atoms with E-state index in [4.69, 9.17) is 21.4 Å². The molecule has 0 aliphatic rings. The number of halogens is 1. The molecule has 5 heteroatoms. The van der Waals surface area contributed by atoms with E-state index in [1.54, 1.807) is 18.2 Å². The van der Waals surface area contributed by atoms with Crippen LogP contribution in [0, 0.1) is 6.92 Å². The summed E-state index contributed by atoms with van der Waals surface area (Å²) in [5.41, 5.74) is 0.899. The largest absolute Gasteiger partial charge is 0.484 e. The van der Waals surface area contributed by atoms with Crippen molar-refractivity contribution >= 4 is 17.5 Å². The molecule has 0 aromatic heterocycles. The molecule has 0 spiro atoms. The van der Waals surface area contributed by atoms with Crippen LogP contribution in [0.5, 0.6) is 5.75 Å². The first-order valence-electron chi connectivity index (χ1n) is 5.86. The molecule has 1 aromatic carbocycles. The second-order valence-electron chi connectivity index (χ2n) is 4.05. The predicted molar refractivity (Wildman–Crippen MR) is 71.0 cm³/mol. The number of carbonyl (C=O) groups is 1. The minimum atomic E-state index is -0.247. The van der Waals surface area contributed by atoms with Gasteiger partial charge in [-0.3, -0.25) is 4.79 Å². The molecule has 1 rings (SSSR count). The van der Waals surface area contributed by atoms with Crippen molar-refractivity contribution in [2.75, 3.05) is 13.2 Å². The SMILES string of the molecule is CCC(CO)NC(=O)COc1ccc(Cl)c(C)c1. The van der Waals surface area contributed by atoms with E-state index in [9.17, 15) is 4.79 Å². The molecule has 1 atom stereocenters. The summed E-state index contributed by atoms with van der Waals surface area (Å²) in [6.45, 7) is 3.62. The quantitative estimate of drug-likeness (QED) is 0.831. The average molecular weight is 272 g/mol. The molecule has 0 aliphatic carbocycles. The van der Waals surface area contributed by atoms with E-state index in [-0.39, 0.29) is 25.2 Å². The summed E-state index contributed by atoms with van der Waals surface area (Å²) in [5.74, 6) is 0.354. The third-order valence-corrected chi connectivity index (χ3v) is 3.00. The standard InChI is InChI=1S/C13H18ClNO3/c1-3-10(7-16)15-13(17)8-18-11-4-5-12(14)9(2)6-11/h4-6,10,16H,3,7-8H2,1-2H3,(H,15,17). The van der Waals surface area contributed by atoms with Gasteiger partial charge in [0.15, 0.2) is 6.61 Å². The van der Waals surface area contributed by atoms with Crippen molar-refractivity contribution in [1.29, 1.82) is 0 Å². The molecular weight excluding hydrogens is 254 g/mol. The minimum absolute atomic E-state index is 0.0672. The molecule has 18 heavy (non-hydrogen) atoms.